The molecule has 0 aromatic heterocycles. The number of ether oxygens (including phenoxy) is 1. The van der Waals surface area contributed by atoms with E-state index >= 15 is 0 Å². The SMILES string of the molecule is COC(=O)CCN1CCC[C@H](N2CCN(c3ccccc3C)CC2)C1. The van der Waals surface area contributed by atoms with Gasteiger partial charge in [-0.1, -0.05) is 18.2 Å². The maximum atomic E-state index is 11.4. The number of methoxy groups -OCH3 is 1. The minimum atomic E-state index is -0.103. The second-order valence-corrected chi connectivity index (χ2v) is 7.23. The lowest BCUT2D eigenvalue weighted by Gasteiger charge is -2.44. The van der Waals surface area contributed by atoms with Crippen molar-refractivity contribution in [2.24, 2.45) is 0 Å². The number of hydrogen-bond acceptors (Lipinski definition) is 5. The van der Waals surface area contributed by atoms with Crippen LogP contribution < -0.4 is 4.90 Å². The quantitative estimate of drug-likeness (QED) is 0.764. The second kappa shape index (κ2) is 8.68. The van der Waals surface area contributed by atoms with Gasteiger partial charge in [0.1, 0.15) is 0 Å². The maximum Gasteiger partial charge on any atom is 0.306 e. The number of esters is 1. The van der Waals surface area contributed by atoms with E-state index in [1.54, 1.807) is 0 Å². The number of nitrogens with zero attached hydrogens (tertiary/aromatic N) is 3. The van der Waals surface area contributed by atoms with E-state index in [4.69, 9.17) is 4.74 Å². The average molecular weight is 345 g/mol. The van der Waals surface area contributed by atoms with Gasteiger partial charge in [-0.3, -0.25) is 9.69 Å². The zero-order valence-electron chi connectivity index (χ0n) is 15.6. The molecule has 0 radical (unpaired) electrons. The summed E-state index contributed by atoms with van der Waals surface area (Å²) in [6.07, 6.45) is 3.01. The molecule has 1 aromatic rings. The first kappa shape index (κ1) is 18.2. The third-order valence-corrected chi connectivity index (χ3v) is 5.63. The Balaban J connectivity index is 1.49. The number of anilines is 1. The van der Waals surface area contributed by atoms with Crippen LogP contribution in [0.3, 0.4) is 0 Å². The summed E-state index contributed by atoms with van der Waals surface area (Å²) in [4.78, 5) is 19.0. The van der Waals surface area contributed by atoms with Crippen molar-refractivity contribution in [1.82, 2.24) is 9.80 Å². The zero-order chi connectivity index (χ0) is 17.6. The predicted octanol–water partition coefficient (Wildman–Crippen LogP) is 2.14. The van der Waals surface area contributed by atoms with Gasteiger partial charge in [0.15, 0.2) is 0 Å². The number of rotatable bonds is 5. The fraction of sp³-hybridized carbons (Fsp3) is 0.650. The van der Waals surface area contributed by atoms with Crippen LogP contribution in [0.25, 0.3) is 0 Å². The van der Waals surface area contributed by atoms with E-state index in [9.17, 15) is 4.79 Å². The number of aryl methyl sites for hydroxylation is 1. The van der Waals surface area contributed by atoms with Crippen LogP contribution in [0.2, 0.25) is 0 Å². The standard InChI is InChI=1S/C20H31N3O2/c1-17-6-3-4-8-19(17)23-14-12-22(13-15-23)18-7-5-10-21(16-18)11-9-20(24)25-2/h3-4,6,8,18H,5,7,9-16H2,1-2H3/t18-/m0/s1. The van der Waals surface area contributed by atoms with Gasteiger partial charge in [0.05, 0.1) is 13.5 Å². The molecule has 25 heavy (non-hydrogen) atoms. The molecule has 2 fully saturated rings. The Hall–Kier alpha value is -1.59. The minimum Gasteiger partial charge on any atom is -0.469 e. The molecule has 0 amide bonds. The molecule has 0 spiro atoms. The van der Waals surface area contributed by atoms with Crippen molar-refractivity contribution in [2.45, 2.75) is 32.2 Å². The molecule has 0 saturated carbocycles. The molecule has 2 heterocycles. The number of benzene rings is 1. The van der Waals surface area contributed by atoms with Gasteiger partial charge in [-0.25, -0.2) is 0 Å². The van der Waals surface area contributed by atoms with Crippen LogP contribution in [0.15, 0.2) is 24.3 Å². The summed E-state index contributed by atoms with van der Waals surface area (Å²) in [5.41, 5.74) is 2.74. The fourth-order valence-electron chi connectivity index (χ4n) is 4.13. The Morgan fingerprint density at radius 1 is 1.16 bits per heavy atom. The van der Waals surface area contributed by atoms with E-state index in [2.05, 4.69) is 45.9 Å². The first-order valence-electron chi connectivity index (χ1n) is 9.51. The Morgan fingerprint density at radius 3 is 2.64 bits per heavy atom. The van der Waals surface area contributed by atoms with Crippen molar-refractivity contribution in [3.05, 3.63) is 29.8 Å². The van der Waals surface area contributed by atoms with Crippen molar-refractivity contribution in [3.63, 3.8) is 0 Å². The Kier molecular flexibility index (Phi) is 6.32. The van der Waals surface area contributed by atoms with Gasteiger partial charge in [0, 0.05) is 51.0 Å². The summed E-state index contributed by atoms with van der Waals surface area (Å²) in [7, 11) is 1.47. The summed E-state index contributed by atoms with van der Waals surface area (Å²) < 4.78 is 4.77. The molecule has 0 N–H and O–H groups in total. The van der Waals surface area contributed by atoms with Crippen molar-refractivity contribution in [1.29, 1.82) is 0 Å². The van der Waals surface area contributed by atoms with Gasteiger partial charge in [-0.15, -0.1) is 0 Å². The highest BCUT2D eigenvalue weighted by Crippen LogP contribution is 2.23. The molecule has 1 aromatic carbocycles. The van der Waals surface area contributed by atoms with Crippen LogP contribution in [0.1, 0.15) is 24.8 Å². The number of carbonyl (C=O) groups excluding carboxylic acids is 1. The van der Waals surface area contributed by atoms with Gasteiger partial charge in [0.2, 0.25) is 0 Å². The van der Waals surface area contributed by atoms with Gasteiger partial charge >= 0.3 is 5.97 Å². The van der Waals surface area contributed by atoms with Crippen LogP contribution in [0, 0.1) is 6.92 Å². The third kappa shape index (κ3) is 4.73. The minimum absolute atomic E-state index is 0.103. The number of hydrogen-bond donors (Lipinski definition) is 0. The number of piperazine rings is 1. The highest BCUT2D eigenvalue weighted by Gasteiger charge is 2.28. The van der Waals surface area contributed by atoms with Crippen molar-refractivity contribution in [2.75, 3.05) is 57.8 Å². The Labute approximate surface area is 151 Å². The van der Waals surface area contributed by atoms with E-state index in [0.29, 0.717) is 12.5 Å². The molecule has 5 heteroatoms. The summed E-state index contributed by atoms with van der Waals surface area (Å²) in [5.74, 6) is -0.103. The monoisotopic (exact) mass is 345 g/mol. The number of piperidine rings is 1. The summed E-state index contributed by atoms with van der Waals surface area (Å²) >= 11 is 0. The zero-order valence-corrected chi connectivity index (χ0v) is 15.6. The van der Waals surface area contributed by atoms with Crippen LogP contribution in [-0.2, 0) is 9.53 Å². The van der Waals surface area contributed by atoms with Gasteiger partial charge in [0.25, 0.3) is 0 Å². The van der Waals surface area contributed by atoms with Crippen molar-refractivity contribution in [3.8, 4) is 0 Å². The molecule has 2 aliphatic rings. The lowest BCUT2D eigenvalue weighted by atomic mass is 10.0. The predicted molar refractivity (Wildman–Crippen MR) is 101 cm³/mol. The molecule has 0 unspecified atom stereocenters. The summed E-state index contributed by atoms with van der Waals surface area (Å²) in [6, 6.07) is 9.31. The molecule has 3 rings (SSSR count). The molecule has 0 aliphatic carbocycles. The molecule has 2 aliphatic heterocycles. The number of carbonyl (C=O) groups is 1. The van der Waals surface area contributed by atoms with Crippen molar-refractivity contribution < 1.29 is 9.53 Å². The fourth-order valence-corrected chi connectivity index (χ4v) is 4.13. The number of para-hydroxylation sites is 1. The van der Waals surface area contributed by atoms with Crippen molar-refractivity contribution >= 4 is 11.7 Å². The average Bonchev–Trinajstić information content (AvgIpc) is 2.67. The number of likely N-dealkylation sites (tertiary alicyclic amines) is 1. The van der Waals surface area contributed by atoms with Crippen LogP contribution >= 0.6 is 0 Å². The van der Waals surface area contributed by atoms with E-state index < -0.39 is 0 Å². The van der Waals surface area contributed by atoms with E-state index in [1.807, 2.05) is 0 Å². The largest absolute Gasteiger partial charge is 0.469 e. The van der Waals surface area contributed by atoms with Gasteiger partial charge in [-0.2, -0.15) is 0 Å². The van der Waals surface area contributed by atoms with E-state index in [-0.39, 0.29) is 5.97 Å². The van der Waals surface area contributed by atoms with E-state index in [1.165, 1.54) is 31.2 Å². The molecular formula is C20H31N3O2. The normalized spacial score (nSPS) is 22.8. The highest BCUT2D eigenvalue weighted by atomic mass is 16.5. The van der Waals surface area contributed by atoms with Gasteiger partial charge in [-0.05, 0) is 37.9 Å². The molecule has 1 atom stereocenters. The summed E-state index contributed by atoms with van der Waals surface area (Å²) in [5, 5.41) is 0. The first-order chi connectivity index (χ1) is 12.2. The summed E-state index contributed by atoms with van der Waals surface area (Å²) in [6.45, 7) is 9.67. The topological polar surface area (TPSA) is 36.0 Å². The van der Waals surface area contributed by atoms with Gasteiger partial charge < -0.3 is 14.5 Å². The Morgan fingerprint density at radius 2 is 1.92 bits per heavy atom. The van der Waals surface area contributed by atoms with Crippen LogP contribution in [-0.4, -0.2) is 74.7 Å². The smallest absolute Gasteiger partial charge is 0.306 e. The highest BCUT2D eigenvalue weighted by molar-refractivity contribution is 5.69. The van der Waals surface area contributed by atoms with Crippen LogP contribution in [0.4, 0.5) is 5.69 Å². The molecule has 138 valence electrons. The third-order valence-electron chi connectivity index (χ3n) is 5.63. The second-order valence-electron chi connectivity index (χ2n) is 7.23. The lowest BCUT2D eigenvalue weighted by molar-refractivity contribution is -0.141. The lowest BCUT2D eigenvalue weighted by Crippen LogP contribution is -2.55. The molecular weight excluding hydrogens is 314 g/mol. The van der Waals surface area contributed by atoms with Crippen LogP contribution in [0.5, 0.6) is 0 Å². The Bertz CT molecular complexity index is 570. The molecule has 0 bridgehead atoms. The van der Waals surface area contributed by atoms with E-state index in [0.717, 1.165) is 45.8 Å². The molecule has 5 nitrogen and oxygen atoms in total. The molecule has 2 saturated heterocycles. The first-order valence-corrected chi connectivity index (χ1v) is 9.51. The maximum absolute atomic E-state index is 11.4.